The lowest BCUT2D eigenvalue weighted by Gasteiger charge is -2.21. The van der Waals surface area contributed by atoms with E-state index in [2.05, 4.69) is 41.5 Å². The van der Waals surface area contributed by atoms with Crippen LogP contribution >= 0.6 is 0 Å². The van der Waals surface area contributed by atoms with E-state index in [1.54, 1.807) is 0 Å². The molecule has 126 valence electrons. The fourth-order valence-corrected chi connectivity index (χ4v) is 2.34. The fraction of sp³-hybridized carbons (Fsp3) is 0.889. The molecular formula is C18H37NO2. The van der Waals surface area contributed by atoms with Gasteiger partial charge in [0.05, 0.1) is 0 Å². The van der Waals surface area contributed by atoms with Gasteiger partial charge in [0, 0.05) is 18.8 Å². The van der Waals surface area contributed by atoms with Gasteiger partial charge in [0.2, 0.25) is 5.91 Å². The molecular weight excluding hydrogens is 262 g/mol. The van der Waals surface area contributed by atoms with Crippen LogP contribution in [0, 0.1) is 16.7 Å². The number of rotatable bonds is 3. The maximum atomic E-state index is 11.3. The zero-order chi connectivity index (χ0) is 16.0. The first-order valence-electron chi connectivity index (χ1n) is 7.72. The van der Waals surface area contributed by atoms with Crippen molar-refractivity contribution in [2.75, 3.05) is 0 Å². The maximum absolute atomic E-state index is 11.3. The summed E-state index contributed by atoms with van der Waals surface area (Å²) in [5.74, 6) is 0.680. The van der Waals surface area contributed by atoms with Crippen molar-refractivity contribution in [3.8, 4) is 0 Å². The second kappa shape index (κ2) is 9.22. The minimum Gasteiger partial charge on any atom is -0.370 e. The monoisotopic (exact) mass is 299 g/mol. The third kappa shape index (κ3) is 13.9. The summed E-state index contributed by atoms with van der Waals surface area (Å²) < 4.78 is 0. The van der Waals surface area contributed by atoms with Gasteiger partial charge in [-0.25, -0.2) is 0 Å². The van der Waals surface area contributed by atoms with Crippen molar-refractivity contribution < 1.29 is 9.59 Å². The van der Waals surface area contributed by atoms with E-state index in [9.17, 15) is 9.59 Å². The van der Waals surface area contributed by atoms with Crippen LogP contribution in [0.1, 0.15) is 87.5 Å². The summed E-state index contributed by atoms with van der Waals surface area (Å²) in [6.07, 6.45) is 5.55. The van der Waals surface area contributed by atoms with Crippen LogP contribution in [-0.2, 0) is 9.59 Å². The summed E-state index contributed by atoms with van der Waals surface area (Å²) in [5, 5.41) is 0. The SMILES string of the molecule is C.CC(C)(C)CC1CCCC1=O.CC(C)(C)CCC(N)=O. The molecule has 1 saturated carbocycles. The molecule has 0 spiro atoms. The highest BCUT2D eigenvalue weighted by Crippen LogP contribution is 2.32. The zero-order valence-electron chi connectivity index (χ0n) is 14.2. The van der Waals surface area contributed by atoms with Gasteiger partial charge in [-0.15, -0.1) is 0 Å². The molecule has 3 nitrogen and oxygen atoms in total. The van der Waals surface area contributed by atoms with Gasteiger partial charge in [0.1, 0.15) is 5.78 Å². The second-order valence-corrected chi connectivity index (χ2v) is 8.35. The maximum Gasteiger partial charge on any atom is 0.217 e. The topological polar surface area (TPSA) is 60.2 Å². The Kier molecular flexibility index (Phi) is 9.84. The van der Waals surface area contributed by atoms with Crippen LogP contribution in [-0.4, -0.2) is 11.7 Å². The number of ketones is 1. The number of primary amides is 1. The number of hydrogen-bond acceptors (Lipinski definition) is 2. The summed E-state index contributed by atoms with van der Waals surface area (Å²) in [7, 11) is 0. The Bertz CT molecular complexity index is 321. The van der Waals surface area contributed by atoms with Crippen LogP contribution in [0.15, 0.2) is 0 Å². The van der Waals surface area contributed by atoms with Gasteiger partial charge in [-0.05, 0) is 36.5 Å². The third-order valence-electron chi connectivity index (χ3n) is 3.41. The van der Waals surface area contributed by atoms with Crippen LogP contribution in [0.2, 0.25) is 0 Å². The summed E-state index contributed by atoms with van der Waals surface area (Å²) in [6.45, 7) is 12.9. The molecule has 1 rings (SSSR count). The highest BCUT2D eigenvalue weighted by molar-refractivity contribution is 5.82. The highest BCUT2D eigenvalue weighted by Gasteiger charge is 2.28. The molecule has 1 amide bonds. The lowest BCUT2D eigenvalue weighted by atomic mass is 9.84. The molecule has 3 heteroatoms. The lowest BCUT2D eigenvalue weighted by molar-refractivity contribution is -0.121. The Hall–Kier alpha value is -0.860. The molecule has 1 aliphatic rings. The van der Waals surface area contributed by atoms with Crippen molar-refractivity contribution in [1.29, 1.82) is 0 Å². The third-order valence-corrected chi connectivity index (χ3v) is 3.41. The molecule has 0 aromatic carbocycles. The van der Waals surface area contributed by atoms with E-state index >= 15 is 0 Å². The van der Waals surface area contributed by atoms with Crippen LogP contribution < -0.4 is 5.73 Å². The highest BCUT2D eigenvalue weighted by atomic mass is 16.1. The molecule has 0 bridgehead atoms. The average Bonchev–Trinajstić information content (AvgIpc) is 2.59. The molecule has 0 saturated heterocycles. The number of Topliss-reactive ketones (excluding diaryl/α,β-unsaturated/α-hetero) is 1. The first-order chi connectivity index (χ1) is 8.91. The van der Waals surface area contributed by atoms with E-state index in [4.69, 9.17) is 5.73 Å². The van der Waals surface area contributed by atoms with E-state index in [1.165, 1.54) is 0 Å². The lowest BCUT2D eigenvalue weighted by Crippen LogP contribution is -2.16. The molecule has 0 radical (unpaired) electrons. The minimum atomic E-state index is -0.204. The Balaban J connectivity index is 0. The Morgan fingerprint density at radius 2 is 1.67 bits per heavy atom. The number of amides is 1. The van der Waals surface area contributed by atoms with Gasteiger partial charge in [-0.3, -0.25) is 9.59 Å². The molecule has 0 aliphatic heterocycles. The Morgan fingerprint density at radius 3 is 1.90 bits per heavy atom. The van der Waals surface area contributed by atoms with Crippen LogP contribution in [0.4, 0.5) is 0 Å². The molecule has 0 heterocycles. The number of carbonyl (C=O) groups is 2. The Labute approximate surface area is 132 Å². The fourth-order valence-electron chi connectivity index (χ4n) is 2.34. The second-order valence-electron chi connectivity index (χ2n) is 8.35. The van der Waals surface area contributed by atoms with E-state index < -0.39 is 0 Å². The van der Waals surface area contributed by atoms with Gasteiger partial charge in [0.15, 0.2) is 0 Å². The normalized spacial score (nSPS) is 18.6. The number of hydrogen-bond donors (Lipinski definition) is 1. The zero-order valence-corrected chi connectivity index (χ0v) is 14.2. The smallest absolute Gasteiger partial charge is 0.217 e. The summed E-state index contributed by atoms with van der Waals surface area (Å²) >= 11 is 0. The van der Waals surface area contributed by atoms with E-state index in [0.29, 0.717) is 23.5 Å². The Morgan fingerprint density at radius 1 is 1.14 bits per heavy atom. The molecule has 2 N–H and O–H groups in total. The standard InChI is InChI=1S/C10H18O.C7H15NO.CH4/c1-10(2,3)7-8-5-4-6-9(8)11;1-7(2,3)5-4-6(8)9;/h8H,4-7H2,1-3H3;4-5H2,1-3H3,(H2,8,9);1H4. The van der Waals surface area contributed by atoms with Gasteiger partial charge in [-0.2, -0.15) is 0 Å². The summed E-state index contributed by atoms with van der Waals surface area (Å²) in [6, 6.07) is 0. The molecule has 0 aromatic rings. The molecule has 0 aromatic heterocycles. The first kappa shape index (κ1) is 22.4. The summed E-state index contributed by atoms with van der Waals surface area (Å²) in [4.78, 5) is 21.5. The largest absolute Gasteiger partial charge is 0.370 e. The van der Waals surface area contributed by atoms with Gasteiger partial charge >= 0.3 is 0 Å². The molecule has 1 unspecified atom stereocenters. The summed E-state index contributed by atoms with van der Waals surface area (Å²) in [5.41, 5.74) is 5.52. The number of nitrogens with two attached hydrogens (primary N) is 1. The van der Waals surface area contributed by atoms with E-state index in [0.717, 1.165) is 32.1 Å². The van der Waals surface area contributed by atoms with Crippen molar-refractivity contribution in [2.24, 2.45) is 22.5 Å². The van der Waals surface area contributed by atoms with Crippen molar-refractivity contribution in [2.45, 2.75) is 87.5 Å². The first-order valence-corrected chi connectivity index (χ1v) is 7.72. The number of carbonyl (C=O) groups excluding carboxylic acids is 2. The average molecular weight is 299 g/mol. The predicted molar refractivity (Wildman–Crippen MR) is 91.0 cm³/mol. The predicted octanol–water partition coefficient (Wildman–Crippen LogP) is 4.73. The van der Waals surface area contributed by atoms with Gasteiger partial charge in [0.25, 0.3) is 0 Å². The van der Waals surface area contributed by atoms with Crippen molar-refractivity contribution in [1.82, 2.24) is 0 Å². The minimum absolute atomic E-state index is 0. The van der Waals surface area contributed by atoms with Crippen molar-refractivity contribution in [3.63, 3.8) is 0 Å². The van der Waals surface area contributed by atoms with Crippen LogP contribution in [0.3, 0.4) is 0 Å². The van der Waals surface area contributed by atoms with Crippen molar-refractivity contribution >= 4 is 11.7 Å². The van der Waals surface area contributed by atoms with Crippen molar-refractivity contribution in [3.05, 3.63) is 0 Å². The molecule has 21 heavy (non-hydrogen) atoms. The quantitative estimate of drug-likeness (QED) is 0.819. The van der Waals surface area contributed by atoms with Crippen LogP contribution in [0.25, 0.3) is 0 Å². The molecule has 1 atom stereocenters. The van der Waals surface area contributed by atoms with E-state index in [1.807, 2.05) is 0 Å². The van der Waals surface area contributed by atoms with Gasteiger partial charge in [-0.1, -0.05) is 49.0 Å². The van der Waals surface area contributed by atoms with Gasteiger partial charge < -0.3 is 5.73 Å². The van der Waals surface area contributed by atoms with E-state index in [-0.39, 0.29) is 18.7 Å². The molecule has 1 fully saturated rings. The van der Waals surface area contributed by atoms with Crippen LogP contribution in [0.5, 0.6) is 0 Å². The molecule has 1 aliphatic carbocycles.